The minimum absolute atomic E-state index is 0.0319. The van der Waals surface area contributed by atoms with E-state index < -0.39 is 9.84 Å². The van der Waals surface area contributed by atoms with Crippen LogP contribution in [0.3, 0.4) is 0 Å². The van der Waals surface area contributed by atoms with Crippen LogP contribution in [-0.4, -0.2) is 62.3 Å². The van der Waals surface area contributed by atoms with Crippen molar-refractivity contribution in [3.8, 4) is 0 Å². The molecule has 0 N–H and O–H groups in total. The van der Waals surface area contributed by atoms with Crippen LogP contribution in [0.25, 0.3) is 0 Å². The molecule has 116 valence electrons. The highest BCUT2D eigenvalue weighted by atomic mass is 32.2. The van der Waals surface area contributed by atoms with Gasteiger partial charge in [0.25, 0.3) is 0 Å². The lowest BCUT2D eigenvalue weighted by atomic mass is 10.2. The van der Waals surface area contributed by atoms with Gasteiger partial charge in [0.15, 0.2) is 9.84 Å². The van der Waals surface area contributed by atoms with Crippen LogP contribution < -0.4 is 0 Å². The van der Waals surface area contributed by atoms with Crippen molar-refractivity contribution in [2.75, 3.05) is 32.1 Å². The fourth-order valence-corrected chi connectivity index (χ4v) is 4.35. The number of nitrogens with zero attached hydrogens (tertiary/aromatic N) is 2. The maximum atomic E-state index is 12.2. The van der Waals surface area contributed by atoms with Gasteiger partial charge in [0.2, 0.25) is 5.91 Å². The van der Waals surface area contributed by atoms with Crippen molar-refractivity contribution in [1.29, 1.82) is 0 Å². The van der Waals surface area contributed by atoms with Gasteiger partial charge >= 0.3 is 0 Å². The maximum absolute atomic E-state index is 12.2. The fraction of sp³-hybridized carbons (Fsp3) is 0.533. The molecule has 1 aromatic carbocycles. The Bertz CT molecular complexity index is 586. The molecule has 0 saturated carbocycles. The number of hydrogen-bond acceptors (Lipinski definition) is 4. The molecule has 1 aromatic rings. The average molecular weight is 310 g/mol. The van der Waals surface area contributed by atoms with E-state index in [1.807, 2.05) is 42.3 Å². The Morgan fingerprint density at radius 3 is 2.48 bits per heavy atom. The lowest BCUT2D eigenvalue weighted by Gasteiger charge is -2.26. The summed E-state index contributed by atoms with van der Waals surface area (Å²) in [4.78, 5) is 15.8. The third-order valence-corrected chi connectivity index (χ3v) is 5.60. The van der Waals surface area contributed by atoms with Gasteiger partial charge in [-0.3, -0.25) is 9.69 Å². The second-order valence-electron chi connectivity index (χ2n) is 5.72. The molecular formula is C15H22N2O3S. The van der Waals surface area contributed by atoms with E-state index in [9.17, 15) is 13.2 Å². The van der Waals surface area contributed by atoms with E-state index in [-0.39, 0.29) is 23.5 Å². The topological polar surface area (TPSA) is 57.7 Å². The predicted molar refractivity (Wildman–Crippen MR) is 82.6 cm³/mol. The van der Waals surface area contributed by atoms with Crippen LogP contribution in [0.15, 0.2) is 30.3 Å². The highest BCUT2D eigenvalue weighted by Gasteiger charge is 2.32. The third kappa shape index (κ3) is 4.54. The first-order valence-electron chi connectivity index (χ1n) is 7.06. The summed E-state index contributed by atoms with van der Waals surface area (Å²) in [6.07, 6.45) is 0.549. The first-order valence-corrected chi connectivity index (χ1v) is 8.88. The SMILES string of the molecule is CN(CC(=O)N(C)C1CCS(=O)(=O)C1)Cc1ccccc1. The van der Waals surface area contributed by atoms with Crippen molar-refractivity contribution < 1.29 is 13.2 Å². The minimum Gasteiger partial charge on any atom is -0.341 e. The van der Waals surface area contributed by atoms with E-state index >= 15 is 0 Å². The molecule has 5 nitrogen and oxygen atoms in total. The van der Waals surface area contributed by atoms with Gasteiger partial charge in [-0.15, -0.1) is 0 Å². The zero-order valence-electron chi connectivity index (χ0n) is 12.5. The van der Waals surface area contributed by atoms with Gasteiger partial charge in [-0.05, 0) is 19.0 Å². The van der Waals surface area contributed by atoms with Crippen molar-refractivity contribution in [1.82, 2.24) is 9.80 Å². The van der Waals surface area contributed by atoms with Crippen LogP contribution in [0.5, 0.6) is 0 Å². The molecule has 1 unspecified atom stereocenters. The zero-order valence-corrected chi connectivity index (χ0v) is 13.3. The van der Waals surface area contributed by atoms with Gasteiger partial charge < -0.3 is 4.90 Å². The Morgan fingerprint density at radius 2 is 1.90 bits per heavy atom. The smallest absolute Gasteiger partial charge is 0.236 e. The summed E-state index contributed by atoms with van der Waals surface area (Å²) in [5.41, 5.74) is 1.15. The second-order valence-corrected chi connectivity index (χ2v) is 7.95. The fourth-order valence-electron chi connectivity index (χ4n) is 2.58. The molecule has 0 aromatic heterocycles. The van der Waals surface area contributed by atoms with Gasteiger partial charge in [-0.1, -0.05) is 30.3 Å². The molecule has 0 spiro atoms. The van der Waals surface area contributed by atoms with Crippen LogP contribution >= 0.6 is 0 Å². The van der Waals surface area contributed by atoms with E-state index in [0.29, 0.717) is 19.5 Å². The van der Waals surface area contributed by atoms with Gasteiger partial charge in [-0.2, -0.15) is 0 Å². The quantitative estimate of drug-likeness (QED) is 0.806. The molecule has 1 amide bonds. The summed E-state index contributed by atoms with van der Waals surface area (Å²) in [5.74, 6) is 0.253. The Kier molecular flexibility index (Phi) is 5.00. The van der Waals surface area contributed by atoms with Crippen LogP contribution in [-0.2, 0) is 21.2 Å². The van der Waals surface area contributed by atoms with E-state index in [4.69, 9.17) is 0 Å². The zero-order chi connectivity index (χ0) is 15.5. The highest BCUT2D eigenvalue weighted by molar-refractivity contribution is 7.91. The van der Waals surface area contributed by atoms with E-state index in [0.717, 1.165) is 5.56 Å². The Labute approximate surface area is 126 Å². The standard InChI is InChI=1S/C15H22N2O3S/c1-16(10-13-6-4-3-5-7-13)11-15(18)17(2)14-8-9-21(19,20)12-14/h3-7,14H,8-12H2,1-2H3. The van der Waals surface area contributed by atoms with Crippen molar-refractivity contribution in [2.45, 2.75) is 19.0 Å². The van der Waals surface area contributed by atoms with Crippen molar-refractivity contribution in [3.63, 3.8) is 0 Å². The lowest BCUT2D eigenvalue weighted by molar-refractivity contribution is -0.132. The molecule has 0 bridgehead atoms. The predicted octanol–water partition coefficient (Wildman–Crippen LogP) is 0.764. The van der Waals surface area contributed by atoms with Crippen LogP contribution in [0.4, 0.5) is 0 Å². The van der Waals surface area contributed by atoms with E-state index in [1.54, 1.807) is 11.9 Å². The Hall–Kier alpha value is -1.40. The Balaban J connectivity index is 1.86. The normalized spacial score (nSPS) is 20.6. The highest BCUT2D eigenvalue weighted by Crippen LogP contribution is 2.16. The number of sulfone groups is 1. The molecule has 1 aliphatic rings. The van der Waals surface area contributed by atoms with Gasteiger partial charge in [0, 0.05) is 19.6 Å². The number of carbonyl (C=O) groups excluding carboxylic acids is 1. The molecule has 1 fully saturated rings. The van der Waals surface area contributed by atoms with Crippen LogP contribution in [0.2, 0.25) is 0 Å². The first-order chi connectivity index (χ1) is 9.87. The summed E-state index contributed by atoms with van der Waals surface area (Å²) in [7, 11) is 0.633. The number of hydrogen-bond donors (Lipinski definition) is 0. The lowest BCUT2D eigenvalue weighted by Crippen LogP contribution is -2.42. The number of carbonyl (C=O) groups is 1. The van der Waals surface area contributed by atoms with Crippen LogP contribution in [0, 0.1) is 0 Å². The summed E-state index contributed by atoms with van der Waals surface area (Å²) in [6, 6.07) is 9.78. The summed E-state index contributed by atoms with van der Waals surface area (Å²) < 4.78 is 23.0. The van der Waals surface area contributed by atoms with Crippen molar-refractivity contribution in [2.24, 2.45) is 0 Å². The largest absolute Gasteiger partial charge is 0.341 e. The number of likely N-dealkylation sites (N-methyl/N-ethyl adjacent to an activating group) is 2. The molecule has 1 saturated heterocycles. The van der Waals surface area contributed by atoms with Gasteiger partial charge in [0.1, 0.15) is 0 Å². The minimum atomic E-state index is -2.96. The molecule has 0 radical (unpaired) electrons. The second kappa shape index (κ2) is 6.58. The van der Waals surface area contributed by atoms with Crippen molar-refractivity contribution in [3.05, 3.63) is 35.9 Å². The Morgan fingerprint density at radius 1 is 1.24 bits per heavy atom. The number of amides is 1. The molecular weight excluding hydrogens is 288 g/mol. The van der Waals surface area contributed by atoms with E-state index in [1.165, 1.54) is 0 Å². The molecule has 2 rings (SSSR count). The third-order valence-electron chi connectivity index (χ3n) is 3.85. The number of rotatable bonds is 5. The molecule has 6 heteroatoms. The molecule has 21 heavy (non-hydrogen) atoms. The van der Waals surface area contributed by atoms with Gasteiger partial charge in [0.05, 0.1) is 18.1 Å². The molecule has 0 aliphatic carbocycles. The molecule has 1 aliphatic heterocycles. The maximum Gasteiger partial charge on any atom is 0.236 e. The van der Waals surface area contributed by atoms with Crippen molar-refractivity contribution >= 4 is 15.7 Å². The monoisotopic (exact) mass is 310 g/mol. The molecule has 1 atom stereocenters. The summed E-state index contributed by atoms with van der Waals surface area (Å²) in [6.45, 7) is 0.991. The van der Waals surface area contributed by atoms with Gasteiger partial charge in [-0.25, -0.2) is 8.42 Å². The number of benzene rings is 1. The van der Waals surface area contributed by atoms with E-state index in [2.05, 4.69) is 0 Å². The molecule has 1 heterocycles. The average Bonchev–Trinajstić information content (AvgIpc) is 2.79. The van der Waals surface area contributed by atoms with Crippen LogP contribution in [0.1, 0.15) is 12.0 Å². The first kappa shape index (κ1) is 16.0. The summed E-state index contributed by atoms with van der Waals surface area (Å²) in [5, 5.41) is 0. The summed E-state index contributed by atoms with van der Waals surface area (Å²) >= 11 is 0.